The Morgan fingerprint density at radius 3 is 2.30 bits per heavy atom. The summed E-state index contributed by atoms with van der Waals surface area (Å²) < 4.78 is 0. The molecule has 0 aromatic heterocycles. The zero-order valence-corrected chi connectivity index (χ0v) is 18.2. The number of piperidine rings is 1. The van der Waals surface area contributed by atoms with Gasteiger partial charge in [-0.25, -0.2) is 0 Å². The molecule has 30 heavy (non-hydrogen) atoms. The molecule has 0 spiro atoms. The molecule has 0 radical (unpaired) electrons. The van der Waals surface area contributed by atoms with Gasteiger partial charge >= 0.3 is 0 Å². The molecular weight excluding hydrogens is 366 g/mol. The molecule has 1 saturated heterocycles. The number of fused-ring (bicyclic) bond motifs is 1. The third kappa shape index (κ3) is 3.87. The summed E-state index contributed by atoms with van der Waals surface area (Å²) >= 11 is 0. The maximum absolute atomic E-state index is 14.0. The maximum atomic E-state index is 14.0. The lowest BCUT2D eigenvalue weighted by Crippen LogP contribution is -2.47. The van der Waals surface area contributed by atoms with Crippen molar-refractivity contribution in [2.75, 3.05) is 13.1 Å². The fraction of sp³-hybridized carbons (Fsp3) is 0.536. The molecule has 0 N–H and O–H groups in total. The summed E-state index contributed by atoms with van der Waals surface area (Å²) in [4.78, 5) is 16.5. The van der Waals surface area contributed by atoms with Crippen molar-refractivity contribution in [1.29, 1.82) is 0 Å². The molecule has 0 bridgehead atoms. The van der Waals surface area contributed by atoms with Crippen molar-refractivity contribution in [1.82, 2.24) is 4.90 Å². The van der Waals surface area contributed by atoms with Gasteiger partial charge in [0.1, 0.15) is 5.78 Å². The van der Waals surface area contributed by atoms with E-state index in [-0.39, 0.29) is 5.41 Å². The van der Waals surface area contributed by atoms with Crippen LogP contribution in [0.4, 0.5) is 0 Å². The molecule has 2 aliphatic carbocycles. The number of benzene rings is 2. The Morgan fingerprint density at radius 2 is 1.57 bits per heavy atom. The van der Waals surface area contributed by atoms with Crippen LogP contribution in [0.25, 0.3) is 0 Å². The largest absolute Gasteiger partial charge is 0.299 e. The molecule has 3 fully saturated rings. The van der Waals surface area contributed by atoms with Crippen LogP contribution in [-0.4, -0.2) is 23.8 Å². The van der Waals surface area contributed by atoms with Crippen LogP contribution in [0.5, 0.6) is 0 Å². The predicted octanol–water partition coefficient (Wildman–Crippen LogP) is 6.15. The minimum absolute atomic E-state index is 0.275. The Bertz CT molecular complexity index is 853. The van der Waals surface area contributed by atoms with Gasteiger partial charge in [0.15, 0.2) is 0 Å². The molecule has 2 aromatic carbocycles. The lowest BCUT2D eigenvalue weighted by Gasteiger charge is -2.42. The zero-order valence-electron chi connectivity index (χ0n) is 18.2. The van der Waals surface area contributed by atoms with Crippen LogP contribution in [0.1, 0.15) is 68.9 Å². The number of carbonyl (C=O) groups is 1. The standard InChI is InChI=1S/C28H35NO/c30-26(21-27-15-9-3-8-14-25(27)20-27)28(24-12-6-2-7-13-24)16-18-29(19-17-28)22-23-10-4-1-5-11-23/h1-2,4-7,10-13,25H,3,8-9,14-22H2. The average molecular weight is 402 g/mol. The molecule has 2 heteroatoms. The van der Waals surface area contributed by atoms with Crippen LogP contribution in [0.3, 0.4) is 0 Å². The van der Waals surface area contributed by atoms with Gasteiger partial charge in [0.25, 0.3) is 0 Å². The fourth-order valence-corrected chi connectivity index (χ4v) is 6.40. The van der Waals surface area contributed by atoms with Gasteiger partial charge in [0, 0.05) is 13.0 Å². The molecule has 2 unspecified atom stereocenters. The van der Waals surface area contributed by atoms with Crippen molar-refractivity contribution in [2.45, 2.75) is 69.7 Å². The first kappa shape index (κ1) is 20.0. The molecular formula is C28H35NO. The molecule has 1 heterocycles. The maximum Gasteiger partial charge on any atom is 0.144 e. The van der Waals surface area contributed by atoms with E-state index in [4.69, 9.17) is 0 Å². The van der Waals surface area contributed by atoms with E-state index in [0.29, 0.717) is 11.2 Å². The van der Waals surface area contributed by atoms with Gasteiger partial charge in [-0.05, 0) is 67.7 Å². The molecule has 2 nitrogen and oxygen atoms in total. The Morgan fingerprint density at radius 1 is 0.867 bits per heavy atom. The molecule has 2 saturated carbocycles. The molecule has 0 amide bonds. The van der Waals surface area contributed by atoms with Crippen molar-refractivity contribution in [3.05, 3.63) is 71.8 Å². The van der Waals surface area contributed by atoms with E-state index in [1.807, 2.05) is 0 Å². The number of Topliss-reactive ketones (excluding diaryl/α,β-unsaturated/α-hetero) is 1. The highest BCUT2D eigenvalue weighted by Gasteiger charge is 2.56. The van der Waals surface area contributed by atoms with E-state index in [0.717, 1.165) is 44.8 Å². The zero-order chi connectivity index (χ0) is 20.4. The minimum Gasteiger partial charge on any atom is -0.299 e. The van der Waals surface area contributed by atoms with Gasteiger partial charge in [-0.2, -0.15) is 0 Å². The molecule has 158 valence electrons. The van der Waals surface area contributed by atoms with E-state index >= 15 is 0 Å². The molecule has 1 aliphatic heterocycles. The summed E-state index contributed by atoms with van der Waals surface area (Å²) in [6.45, 7) is 3.00. The average Bonchev–Trinajstić information content (AvgIpc) is 3.50. The Hall–Kier alpha value is -1.93. The highest BCUT2D eigenvalue weighted by atomic mass is 16.1. The minimum atomic E-state index is -0.275. The van der Waals surface area contributed by atoms with Crippen LogP contribution >= 0.6 is 0 Å². The fourth-order valence-electron chi connectivity index (χ4n) is 6.40. The number of ketones is 1. The lowest BCUT2D eigenvalue weighted by molar-refractivity contribution is -0.128. The van der Waals surface area contributed by atoms with Crippen LogP contribution in [0.15, 0.2) is 60.7 Å². The number of rotatable bonds is 6. The van der Waals surface area contributed by atoms with Crippen LogP contribution < -0.4 is 0 Å². The number of carbonyl (C=O) groups excluding carboxylic acids is 1. The third-order valence-electron chi connectivity index (χ3n) is 8.42. The van der Waals surface area contributed by atoms with E-state index in [1.54, 1.807) is 0 Å². The van der Waals surface area contributed by atoms with Gasteiger partial charge in [-0.15, -0.1) is 0 Å². The third-order valence-corrected chi connectivity index (χ3v) is 8.42. The SMILES string of the molecule is O=C(CC12CCCCCC1C2)C1(c2ccccc2)CCN(Cc2ccccc2)CC1. The number of likely N-dealkylation sites (tertiary alicyclic amines) is 1. The Labute approximate surface area is 181 Å². The summed E-state index contributed by atoms with van der Waals surface area (Å²) in [5.74, 6) is 1.37. The molecule has 2 atom stereocenters. The second-order valence-electron chi connectivity index (χ2n) is 10.2. The van der Waals surface area contributed by atoms with E-state index in [1.165, 1.54) is 49.7 Å². The summed E-state index contributed by atoms with van der Waals surface area (Å²) in [5, 5.41) is 0. The quantitative estimate of drug-likeness (QED) is 0.578. The first-order valence-electron chi connectivity index (χ1n) is 12.1. The summed E-state index contributed by atoms with van der Waals surface area (Å²) in [7, 11) is 0. The van der Waals surface area contributed by atoms with Crippen molar-refractivity contribution >= 4 is 5.78 Å². The van der Waals surface area contributed by atoms with Crippen molar-refractivity contribution in [3.8, 4) is 0 Å². The monoisotopic (exact) mass is 401 g/mol. The van der Waals surface area contributed by atoms with Crippen LogP contribution in [-0.2, 0) is 16.8 Å². The lowest BCUT2D eigenvalue weighted by atomic mass is 9.67. The highest BCUT2D eigenvalue weighted by molar-refractivity contribution is 5.91. The van der Waals surface area contributed by atoms with E-state index < -0.39 is 0 Å². The van der Waals surface area contributed by atoms with E-state index in [2.05, 4.69) is 65.6 Å². The van der Waals surface area contributed by atoms with Gasteiger partial charge in [-0.3, -0.25) is 9.69 Å². The smallest absolute Gasteiger partial charge is 0.144 e. The first-order valence-corrected chi connectivity index (χ1v) is 12.1. The first-order chi connectivity index (χ1) is 14.7. The second-order valence-corrected chi connectivity index (χ2v) is 10.2. The Kier molecular flexibility index (Phi) is 5.54. The molecule has 3 aliphatic rings. The molecule has 5 rings (SSSR count). The highest BCUT2D eigenvalue weighted by Crippen LogP contribution is 2.63. The predicted molar refractivity (Wildman–Crippen MR) is 122 cm³/mol. The normalized spacial score (nSPS) is 28.3. The molecule has 2 aromatic rings. The van der Waals surface area contributed by atoms with Crippen LogP contribution in [0.2, 0.25) is 0 Å². The summed E-state index contributed by atoms with van der Waals surface area (Å²) in [6.07, 6.45) is 10.8. The van der Waals surface area contributed by atoms with Gasteiger partial charge < -0.3 is 0 Å². The van der Waals surface area contributed by atoms with Crippen molar-refractivity contribution < 1.29 is 4.79 Å². The van der Waals surface area contributed by atoms with Crippen molar-refractivity contribution in [3.63, 3.8) is 0 Å². The number of hydrogen-bond acceptors (Lipinski definition) is 2. The van der Waals surface area contributed by atoms with Gasteiger partial charge in [0.2, 0.25) is 0 Å². The van der Waals surface area contributed by atoms with Crippen LogP contribution in [0, 0.1) is 11.3 Å². The summed E-state index contributed by atoms with van der Waals surface area (Å²) in [5.41, 5.74) is 2.71. The summed E-state index contributed by atoms with van der Waals surface area (Å²) in [6, 6.07) is 21.5. The Balaban J connectivity index is 1.33. The number of hydrogen-bond donors (Lipinski definition) is 0. The number of nitrogens with zero attached hydrogens (tertiary/aromatic N) is 1. The van der Waals surface area contributed by atoms with Crippen molar-refractivity contribution in [2.24, 2.45) is 11.3 Å². The van der Waals surface area contributed by atoms with Gasteiger partial charge in [0.05, 0.1) is 5.41 Å². The topological polar surface area (TPSA) is 20.3 Å². The van der Waals surface area contributed by atoms with E-state index in [9.17, 15) is 4.79 Å². The second kappa shape index (κ2) is 8.30. The van der Waals surface area contributed by atoms with Gasteiger partial charge in [-0.1, -0.05) is 79.9 Å².